The molecule has 36 heavy (non-hydrogen) atoms. The van der Waals surface area contributed by atoms with Crippen LogP contribution < -0.4 is 16.2 Å². The molecule has 0 saturated carbocycles. The third kappa shape index (κ3) is 6.73. The van der Waals surface area contributed by atoms with E-state index in [9.17, 15) is 28.0 Å². The fraction of sp³-hybridized carbons (Fsp3) is 0.727. The highest BCUT2D eigenvalue weighted by Crippen LogP contribution is 2.32. The van der Waals surface area contributed by atoms with Gasteiger partial charge < -0.3 is 25.0 Å². The summed E-state index contributed by atoms with van der Waals surface area (Å²) in [6.45, 7) is 2.42. The first-order valence-corrected chi connectivity index (χ1v) is 11.8. The van der Waals surface area contributed by atoms with Gasteiger partial charge in [0.1, 0.15) is 17.7 Å². The first kappa shape index (κ1) is 27.9. The van der Waals surface area contributed by atoms with Crippen molar-refractivity contribution in [3.05, 3.63) is 22.1 Å². The van der Waals surface area contributed by atoms with Gasteiger partial charge in [-0.2, -0.15) is 23.5 Å². The van der Waals surface area contributed by atoms with Crippen LogP contribution in [0.3, 0.4) is 0 Å². The van der Waals surface area contributed by atoms with Crippen molar-refractivity contribution in [2.75, 3.05) is 58.9 Å². The van der Waals surface area contributed by atoms with Gasteiger partial charge in [0.15, 0.2) is 0 Å². The lowest BCUT2D eigenvalue weighted by Gasteiger charge is -2.38. The second-order valence-electron chi connectivity index (χ2n) is 8.89. The summed E-state index contributed by atoms with van der Waals surface area (Å²) in [5, 5.41) is 20.2. The van der Waals surface area contributed by atoms with E-state index in [1.807, 2.05) is 4.90 Å². The summed E-state index contributed by atoms with van der Waals surface area (Å²) in [7, 11) is 3.19. The molecule has 11 nitrogen and oxygen atoms in total. The van der Waals surface area contributed by atoms with Crippen LogP contribution >= 0.6 is 0 Å². The molecule has 3 heterocycles. The average molecular weight is 516 g/mol. The van der Waals surface area contributed by atoms with Gasteiger partial charge in [0.25, 0.3) is 11.5 Å². The monoisotopic (exact) mass is 515 g/mol. The molecule has 3 N–H and O–H groups in total. The third-order valence-electron chi connectivity index (χ3n) is 6.48. The maximum Gasteiger partial charge on any atom is 0.423 e. The molecule has 1 aromatic rings. The predicted molar refractivity (Wildman–Crippen MR) is 123 cm³/mol. The van der Waals surface area contributed by atoms with Gasteiger partial charge in [-0.05, 0) is 19.9 Å². The lowest BCUT2D eigenvalue weighted by Crippen LogP contribution is -2.50. The summed E-state index contributed by atoms with van der Waals surface area (Å²) >= 11 is 0. The van der Waals surface area contributed by atoms with Crippen molar-refractivity contribution in [3.8, 4) is 6.07 Å². The third-order valence-corrected chi connectivity index (χ3v) is 6.48. The summed E-state index contributed by atoms with van der Waals surface area (Å²) in [6.07, 6.45) is -2.72. The number of likely N-dealkylation sites (N-methyl/N-ethyl adjacent to an activating group) is 1. The minimum Gasteiger partial charge on any atom is -0.382 e. The highest BCUT2D eigenvalue weighted by atomic mass is 19.4. The van der Waals surface area contributed by atoms with Crippen LogP contribution in [0.15, 0.2) is 11.0 Å². The molecule has 2 saturated heterocycles. The Hall–Kier alpha value is -2.73. The van der Waals surface area contributed by atoms with E-state index in [1.54, 1.807) is 12.1 Å². The minimum atomic E-state index is -4.88. The van der Waals surface area contributed by atoms with Crippen LogP contribution in [0.25, 0.3) is 0 Å². The SMILES string of the molecule is CNCC(C#N)N1CCC(N2CC[C@@H](OC[C@H](COC)Nc3cn[nH]c(=O)c3C(F)(F)F)C2=O)CC1. The Morgan fingerprint density at radius 3 is 2.58 bits per heavy atom. The van der Waals surface area contributed by atoms with Crippen LogP contribution in [0.1, 0.15) is 24.8 Å². The minimum absolute atomic E-state index is 0.0140. The molecular formula is C22H32F3N7O4. The maximum absolute atomic E-state index is 13.4. The number of nitriles is 1. The average Bonchev–Trinajstić information content (AvgIpc) is 3.20. The van der Waals surface area contributed by atoms with E-state index in [2.05, 4.69) is 26.7 Å². The standard InChI is InChI=1S/C22H32F3N7O4/c1-27-10-16(9-26)31-6-3-15(4-7-31)32-8-5-18(21(32)34)36-13-14(12-35-2)29-17-11-28-30-20(33)19(17)22(23,24)25/h11,14-16,18,27H,3-8,10,12-13H2,1-2H3,(H2,29,30,33)/t14-,16?,18+/m0/s1. The van der Waals surface area contributed by atoms with Gasteiger partial charge in [0.05, 0.1) is 37.2 Å². The molecule has 2 fully saturated rings. The van der Waals surface area contributed by atoms with Gasteiger partial charge in [-0.25, -0.2) is 5.10 Å². The number of anilines is 1. The zero-order valence-corrected chi connectivity index (χ0v) is 20.3. The number of piperidine rings is 1. The number of carbonyl (C=O) groups is 1. The number of rotatable bonds is 11. The molecule has 1 aromatic heterocycles. The lowest BCUT2D eigenvalue weighted by atomic mass is 10.0. The Morgan fingerprint density at radius 1 is 1.25 bits per heavy atom. The molecule has 0 spiro atoms. The molecule has 1 amide bonds. The smallest absolute Gasteiger partial charge is 0.382 e. The summed E-state index contributed by atoms with van der Waals surface area (Å²) in [5.41, 5.74) is -3.23. The molecule has 0 aliphatic carbocycles. The maximum atomic E-state index is 13.4. The number of aromatic nitrogens is 2. The molecule has 14 heteroatoms. The zero-order chi connectivity index (χ0) is 26.3. The Balaban J connectivity index is 1.56. The Labute approximate surface area is 206 Å². The van der Waals surface area contributed by atoms with Gasteiger partial charge >= 0.3 is 6.18 Å². The van der Waals surface area contributed by atoms with Crippen LogP contribution in [0.2, 0.25) is 0 Å². The van der Waals surface area contributed by atoms with Crippen molar-refractivity contribution in [1.29, 1.82) is 5.26 Å². The van der Waals surface area contributed by atoms with Crippen LogP contribution in [-0.4, -0.2) is 104 Å². The quantitative estimate of drug-likeness (QED) is 0.383. The topological polar surface area (TPSA) is 136 Å². The fourth-order valence-corrected chi connectivity index (χ4v) is 4.72. The van der Waals surface area contributed by atoms with E-state index in [4.69, 9.17) is 9.47 Å². The van der Waals surface area contributed by atoms with Gasteiger partial charge in [0, 0.05) is 45.8 Å². The van der Waals surface area contributed by atoms with E-state index >= 15 is 0 Å². The van der Waals surface area contributed by atoms with E-state index in [0.717, 1.165) is 19.0 Å². The van der Waals surface area contributed by atoms with Gasteiger partial charge in [0.2, 0.25) is 0 Å². The summed E-state index contributed by atoms with van der Waals surface area (Å²) in [5.74, 6) is -0.148. The van der Waals surface area contributed by atoms with Crippen molar-refractivity contribution in [3.63, 3.8) is 0 Å². The summed E-state index contributed by atoms with van der Waals surface area (Å²) < 4.78 is 51.0. The molecule has 2 aliphatic rings. The number of ether oxygens (including phenoxy) is 2. The summed E-state index contributed by atoms with van der Waals surface area (Å²) in [4.78, 5) is 28.6. The van der Waals surface area contributed by atoms with Gasteiger partial charge in [-0.3, -0.25) is 14.5 Å². The Morgan fingerprint density at radius 2 is 1.97 bits per heavy atom. The largest absolute Gasteiger partial charge is 0.423 e. The molecular weight excluding hydrogens is 483 g/mol. The van der Waals surface area contributed by atoms with E-state index in [1.165, 1.54) is 7.11 Å². The fourth-order valence-electron chi connectivity index (χ4n) is 4.72. The normalized spacial score (nSPS) is 21.4. The number of halogens is 3. The molecule has 1 unspecified atom stereocenters. The van der Waals surface area contributed by atoms with Crippen LogP contribution in [0.4, 0.5) is 18.9 Å². The van der Waals surface area contributed by atoms with E-state index in [-0.39, 0.29) is 31.2 Å². The van der Waals surface area contributed by atoms with E-state index in [0.29, 0.717) is 32.6 Å². The van der Waals surface area contributed by atoms with Crippen molar-refractivity contribution in [2.45, 2.75) is 49.7 Å². The number of carbonyl (C=O) groups excluding carboxylic acids is 1. The predicted octanol–water partition coefficient (Wildman–Crippen LogP) is 0.409. The number of hydrogen-bond acceptors (Lipinski definition) is 9. The van der Waals surface area contributed by atoms with Crippen molar-refractivity contribution < 1.29 is 27.4 Å². The molecule has 200 valence electrons. The number of likely N-dealkylation sites (tertiary alicyclic amines) is 2. The van der Waals surface area contributed by atoms with E-state index < -0.39 is 35.1 Å². The van der Waals surface area contributed by atoms with Crippen molar-refractivity contribution >= 4 is 11.6 Å². The molecule has 0 radical (unpaired) electrons. The molecule has 0 aromatic carbocycles. The number of aromatic amines is 1. The Bertz CT molecular complexity index is 976. The van der Waals surface area contributed by atoms with Crippen molar-refractivity contribution in [2.24, 2.45) is 0 Å². The highest BCUT2D eigenvalue weighted by molar-refractivity contribution is 5.83. The molecule has 0 bridgehead atoms. The second-order valence-corrected chi connectivity index (χ2v) is 8.89. The van der Waals surface area contributed by atoms with Crippen molar-refractivity contribution in [1.82, 2.24) is 25.3 Å². The van der Waals surface area contributed by atoms with Gasteiger partial charge in [-0.1, -0.05) is 0 Å². The summed E-state index contributed by atoms with van der Waals surface area (Å²) in [6, 6.07) is 1.40. The number of nitrogens with one attached hydrogen (secondary N) is 3. The van der Waals surface area contributed by atoms with Crippen LogP contribution in [0, 0.1) is 11.3 Å². The van der Waals surface area contributed by atoms with Crippen LogP contribution in [0.5, 0.6) is 0 Å². The highest BCUT2D eigenvalue weighted by Gasteiger charge is 2.40. The van der Waals surface area contributed by atoms with Crippen LogP contribution in [-0.2, 0) is 20.4 Å². The Kier molecular flexibility index (Phi) is 9.66. The number of nitrogens with zero attached hydrogens (tertiary/aromatic N) is 4. The number of amides is 1. The van der Waals surface area contributed by atoms with Gasteiger partial charge in [-0.15, -0.1) is 0 Å². The number of alkyl halides is 3. The lowest BCUT2D eigenvalue weighted by molar-refractivity contribution is -0.140. The molecule has 3 atom stereocenters. The number of H-pyrrole nitrogens is 1. The number of methoxy groups -OCH3 is 1. The first-order valence-electron chi connectivity index (χ1n) is 11.8. The molecule has 2 aliphatic heterocycles. The molecule has 3 rings (SSSR count). The zero-order valence-electron chi connectivity index (χ0n) is 20.3. The first-order chi connectivity index (χ1) is 17.2. The number of hydrogen-bond donors (Lipinski definition) is 3. The second kappa shape index (κ2) is 12.5.